The van der Waals surface area contributed by atoms with Crippen LogP contribution < -0.4 is 5.32 Å². The highest BCUT2D eigenvalue weighted by Crippen LogP contribution is 2.20. The van der Waals surface area contributed by atoms with Crippen molar-refractivity contribution in [2.75, 3.05) is 6.61 Å². The number of carbonyl (C=O) groups is 1. The van der Waals surface area contributed by atoms with Crippen molar-refractivity contribution < 1.29 is 23.1 Å². The molecule has 3 aromatic rings. The zero-order valence-electron chi connectivity index (χ0n) is 13.0. The Bertz CT molecular complexity index is 901. The number of halogens is 3. The zero-order chi connectivity index (χ0) is 18.0. The largest absolute Gasteiger partial charge is 0.394 e. The summed E-state index contributed by atoms with van der Waals surface area (Å²) in [6, 6.07) is 9.82. The van der Waals surface area contributed by atoms with Gasteiger partial charge in [-0.25, -0.2) is 13.2 Å². The van der Waals surface area contributed by atoms with Gasteiger partial charge in [0.05, 0.1) is 12.6 Å². The van der Waals surface area contributed by atoms with E-state index in [4.69, 9.17) is 0 Å². The Balaban J connectivity index is 1.76. The summed E-state index contributed by atoms with van der Waals surface area (Å²) in [4.78, 5) is 12.2. The predicted octanol–water partition coefficient (Wildman–Crippen LogP) is 2.91. The lowest BCUT2D eigenvalue weighted by molar-refractivity contribution is -0.122. The molecule has 1 amide bonds. The van der Waals surface area contributed by atoms with Gasteiger partial charge in [-0.15, -0.1) is 0 Å². The number of amides is 1. The molecule has 1 atom stereocenters. The minimum Gasteiger partial charge on any atom is -0.394 e. The molecule has 1 unspecified atom stereocenters. The van der Waals surface area contributed by atoms with Gasteiger partial charge in [-0.1, -0.05) is 18.2 Å². The maximum atomic E-state index is 13.3. The third-order valence-electron chi connectivity index (χ3n) is 3.92. The van der Waals surface area contributed by atoms with Crippen LogP contribution in [0.5, 0.6) is 0 Å². The molecule has 0 radical (unpaired) electrons. The quantitative estimate of drug-likeness (QED) is 0.697. The first-order valence-corrected chi connectivity index (χ1v) is 7.58. The number of fused-ring (bicyclic) bond motifs is 1. The van der Waals surface area contributed by atoms with E-state index < -0.39 is 36.0 Å². The molecular weight excluding hydrogens is 333 g/mol. The van der Waals surface area contributed by atoms with Gasteiger partial charge in [0.2, 0.25) is 5.91 Å². The molecule has 0 spiro atoms. The van der Waals surface area contributed by atoms with Crippen molar-refractivity contribution >= 4 is 16.8 Å². The third-order valence-corrected chi connectivity index (χ3v) is 3.92. The van der Waals surface area contributed by atoms with Crippen molar-refractivity contribution in [2.24, 2.45) is 0 Å². The summed E-state index contributed by atoms with van der Waals surface area (Å²) in [5, 5.41) is 12.9. The number of aromatic nitrogens is 1. The fraction of sp³-hybridized carbons (Fsp3) is 0.167. The second kappa shape index (κ2) is 6.98. The lowest BCUT2D eigenvalue weighted by Gasteiger charge is -2.17. The molecule has 0 aliphatic carbocycles. The van der Waals surface area contributed by atoms with Gasteiger partial charge in [-0.2, -0.15) is 0 Å². The van der Waals surface area contributed by atoms with Crippen LogP contribution in [0.3, 0.4) is 0 Å². The Hall–Kier alpha value is -2.80. The number of carbonyl (C=O) groups excluding carboxylic acids is 1. The molecule has 0 bridgehead atoms. The van der Waals surface area contributed by atoms with E-state index in [0.717, 1.165) is 23.0 Å². The van der Waals surface area contributed by atoms with Crippen molar-refractivity contribution in [1.82, 2.24) is 9.88 Å². The summed E-state index contributed by atoms with van der Waals surface area (Å²) in [7, 11) is 0. The van der Waals surface area contributed by atoms with Gasteiger partial charge in [-0.05, 0) is 35.2 Å². The summed E-state index contributed by atoms with van der Waals surface area (Å²) >= 11 is 0. The molecular formula is C18H15F3N2O2. The Morgan fingerprint density at radius 3 is 2.48 bits per heavy atom. The maximum absolute atomic E-state index is 13.3. The molecule has 0 saturated heterocycles. The molecule has 7 heteroatoms. The molecule has 4 nitrogen and oxygen atoms in total. The van der Waals surface area contributed by atoms with Gasteiger partial charge in [0.15, 0.2) is 17.5 Å². The highest BCUT2D eigenvalue weighted by molar-refractivity contribution is 5.83. The zero-order valence-corrected chi connectivity index (χ0v) is 13.0. The molecule has 0 fully saturated rings. The van der Waals surface area contributed by atoms with E-state index >= 15 is 0 Å². The fourth-order valence-electron chi connectivity index (χ4n) is 2.68. The van der Waals surface area contributed by atoms with Gasteiger partial charge >= 0.3 is 0 Å². The van der Waals surface area contributed by atoms with Gasteiger partial charge in [0.25, 0.3) is 0 Å². The molecule has 25 heavy (non-hydrogen) atoms. The maximum Gasteiger partial charge on any atom is 0.240 e. The van der Waals surface area contributed by atoms with Crippen LogP contribution in [0.1, 0.15) is 11.6 Å². The predicted molar refractivity (Wildman–Crippen MR) is 86.2 cm³/mol. The Morgan fingerprint density at radius 1 is 1.12 bits per heavy atom. The van der Waals surface area contributed by atoms with Crippen molar-refractivity contribution in [3.8, 4) is 0 Å². The number of rotatable bonds is 5. The normalized spacial score (nSPS) is 12.3. The van der Waals surface area contributed by atoms with Crippen LogP contribution in [-0.4, -0.2) is 22.2 Å². The van der Waals surface area contributed by atoms with Crippen LogP contribution in [-0.2, 0) is 11.3 Å². The molecule has 0 aliphatic heterocycles. The Morgan fingerprint density at radius 2 is 1.80 bits per heavy atom. The first kappa shape index (κ1) is 17.0. The lowest BCUT2D eigenvalue weighted by Crippen LogP contribution is -2.33. The standard InChI is InChI=1S/C18H15F3N2O2/c19-13-7-12(8-14(20)18(13)21)15(10-24)22-17(25)9-23-6-5-11-3-1-2-4-16(11)23/h1-8,15,24H,9-10H2,(H,22,25). The summed E-state index contributed by atoms with van der Waals surface area (Å²) < 4.78 is 41.4. The first-order chi connectivity index (χ1) is 12.0. The fourth-order valence-corrected chi connectivity index (χ4v) is 2.68. The summed E-state index contributed by atoms with van der Waals surface area (Å²) in [5.74, 6) is -4.80. The topological polar surface area (TPSA) is 54.3 Å². The molecule has 3 rings (SSSR count). The van der Waals surface area contributed by atoms with Crippen LogP contribution in [0.4, 0.5) is 13.2 Å². The van der Waals surface area contributed by atoms with E-state index in [9.17, 15) is 23.1 Å². The number of aliphatic hydroxyl groups excluding tert-OH is 1. The smallest absolute Gasteiger partial charge is 0.240 e. The molecule has 2 N–H and O–H groups in total. The molecule has 1 heterocycles. The van der Waals surface area contributed by atoms with Crippen molar-refractivity contribution in [2.45, 2.75) is 12.6 Å². The number of benzene rings is 2. The monoisotopic (exact) mass is 348 g/mol. The van der Waals surface area contributed by atoms with E-state index in [1.165, 1.54) is 0 Å². The van der Waals surface area contributed by atoms with E-state index in [1.807, 2.05) is 30.3 Å². The number of nitrogens with one attached hydrogen (secondary N) is 1. The number of aliphatic hydroxyl groups is 1. The van der Waals surface area contributed by atoms with Gasteiger partial charge in [0, 0.05) is 11.7 Å². The van der Waals surface area contributed by atoms with Gasteiger partial charge in [-0.3, -0.25) is 4.79 Å². The van der Waals surface area contributed by atoms with Crippen LogP contribution in [0.15, 0.2) is 48.7 Å². The second-order valence-electron chi connectivity index (χ2n) is 5.60. The number of para-hydroxylation sites is 1. The highest BCUT2D eigenvalue weighted by atomic mass is 19.2. The lowest BCUT2D eigenvalue weighted by atomic mass is 10.1. The Labute approximate surface area is 141 Å². The molecule has 0 saturated carbocycles. The van der Waals surface area contributed by atoms with E-state index in [1.54, 1.807) is 10.8 Å². The molecule has 1 aromatic heterocycles. The van der Waals surface area contributed by atoms with E-state index in [-0.39, 0.29) is 12.1 Å². The average molecular weight is 348 g/mol. The van der Waals surface area contributed by atoms with Crippen LogP contribution in [0, 0.1) is 17.5 Å². The van der Waals surface area contributed by atoms with Crippen molar-refractivity contribution in [3.63, 3.8) is 0 Å². The average Bonchev–Trinajstić information content (AvgIpc) is 3.00. The number of nitrogens with zero attached hydrogens (tertiary/aromatic N) is 1. The summed E-state index contributed by atoms with van der Waals surface area (Å²) in [6.07, 6.45) is 1.75. The molecule has 0 aliphatic rings. The molecule has 2 aromatic carbocycles. The minimum atomic E-state index is -1.59. The van der Waals surface area contributed by atoms with Gasteiger partial charge in [0.1, 0.15) is 6.54 Å². The minimum absolute atomic E-state index is 0.0316. The SMILES string of the molecule is O=C(Cn1ccc2ccccc21)NC(CO)c1cc(F)c(F)c(F)c1. The van der Waals surface area contributed by atoms with E-state index in [2.05, 4.69) is 5.32 Å². The molecule has 130 valence electrons. The summed E-state index contributed by atoms with van der Waals surface area (Å²) in [5.41, 5.74) is 0.807. The van der Waals surface area contributed by atoms with Gasteiger partial charge < -0.3 is 15.0 Å². The number of hydrogen-bond donors (Lipinski definition) is 2. The van der Waals surface area contributed by atoms with Crippen LogP contribution in [0.2, 0.25) is 0 Å². The van der Waals surface area contributed by atoms with Crippen molar-refractivity contribution in [3.05, 3.63) is 71.7 Å². The third kappa shape index (κ3) is 3.51. The van der Waals surface area contributed by atoms with Crippen LogP contribution in [0.25, 0.3) is 10.9 Å². The Kier molecular flexibility index (Phi) is 4.76. The first-order valence-electron chi connectivity index (χ1n) is 7.58. The summed E-state index contributed by atoms with van der Waals surface area (Å²) in [6.45, 7) is -0.612. The van der Waals surface area contributed by atoms with Crippen molar-refractivity contribution in [1.29, 1.82) is 0 Å². The number of hydrogen-bond acceptors (Lipinski definition) is 2. The highest BCUT2D eigenvalue weighted by Gasteiger charge is 2.19. The second-order valence-corrected chi connectivity index (χ2v) is 5.60. The van der Waals surface area contributed by atoms with Crippen LogP contribution >= 0.6 is 0 Å². The van der Waals surface area contributed by atoms with E-state index in [0.29, 0.717) is 0 Å².